The van der Waals surface area contributed by atoms with Crippen LogP contribution in [0.1, 0.15) is 51.4 Å². The Balaban J connectivity index is 1.93. The molecule has 0 spiro atoms. The summed E-state index contributed by atoms with van der Waals surface area (Å²) < 4.78 is 0. The van der Waals surface area contributed by atoms with Crippen LogP contribution in [0, 0.1) is 0 Å². The number of hydrogen-bond donors (Lipinski definition) is 2. The quantitative estimate of drug-likeness (QED) is 0.775. The van der Waals surface area contributed by atoms with Gasteiger partial charge in [0.2, 0.25) is 11.8 Å². The average molecular weight is 268 g/mol. The smallest absolute Gasteiger partial charge is 0.243 e. The second-order valence-electron chi connectivity index (χ2n) is 5.56. The van der Waals surface area contributed by atoms with Gasteiger partial charge in [-0.2, -0.15) is 0 Å². The van der Waals surface area contributed by atoms with Gasteiger partial charge < -0.3 is 15.3 Å². The highest BCUT2D eigenvalue weighted by molar-refractivity contribution is 5.88. The largest absolute Gasteiger partial charge is 0.396 e. The number of aliphatic hydroxyl groups excluding tert-OH is 1. The van der Waals surface area contributed by atoms with Crippen molar-refractivity contribution in [2.45, 2.75) is 63.5 Å². The second-order valence-corrected chi connectivity index (χ2v) is 5.56. The monoisotopic (exact) mass is 268 g/mol. The molecule has 19 heavy (non-hydrogen) atoms. The van der Waals surface area contributed by atoms with Gasteiger partial charge in [0.25, 0.3) is 0 Å². The lowest BCUT2D eigenvalue weighted by molar-refractivity contribution is -0.138. The van der Waals surface area contributed by atoms with E-state index in [9.17, 15) is 9.59 Å². The third-order valence-electron chi connectivity index (χ3n) is 4.14. The van der Waals surface area contributed by atoms with Crippen molar-refractivity contribution >= 4 is 11.8 Å². The van der Waals surface area contributed by atoms with Crippen LogP contribution in [0.2, 0.25) is 0 Å². The van der Waals surface area contributed by atoms with E-state index in [-0.39, 0.29) is 24.5 Å². The molecular formula is C14H24N2O3. The Kier molecular flexibility index (Phi) is 5.19. The molecule has 0 radical (unpaired) electrons. The molecule has 1 atom stereocenters. The zero-order chi connectivity index (χ0) is 13.7. The van der Waals surface area contributed by atoms with E-state index in [2.05, 4.69) is 5.32 Å². The Hall–Kier alpha value is -1.10. The lowest BCUT2D eigenvalue weighted by atomic mass is 9.95. The summed E-state index contributed by atoms with van der Waals surface area (Å²) >= 11 is 0. The van der Waals surface area contributed by atoms with Gasteiger partial charge in [0.05, 0.1) is 0 Å². The molecule has 2 rings (SSSR count). The lowest BCUT2D eigenvalue weighted by Gasteiger charge is -2.30. The first kappa shape index (κ1) is 14.3. The average Bonchev–Trinajstić information content (AvgIpc) is 2.83. The van der Waals surface area contributed by atoms with E-state index in [1.807, 2.05) is 0 Å². The van der Waals surface area contributed by atoms with Crippen LogP contribution in [0.5, 0.6) is 0 Å². The van der Waals surface area contributed by atoms with E-state index in [0.717, 1.165) is 32.1 Å². The third kappa shape index (κ3) is 3.69. The summed E-state index contributed by atoms with van der Waals surface area (Å²) in [4.78, 5) is 25.7. The van der Waals surface area contributed by atoms with Gasteiger partial charge in [0, 0.05) is 25.6 Å². The van der Waals surface area contributed by atoms with Crippen LogP contribution in [0.4, 0.5) is 0 Å². The fourth-order valence-corrected chi connectivity index (χ4v) is 3.09. The van der Waals surface area contributed by atoms with Gasteiger partial charge in [-0.3, -0.25) is 9.59 Å². The fourth-order valence-electron chi connectivity index (χ4n) is 3.09. The van der Waals surface area contributed by atoms with Crippen LogP contribution in [-0.2, 0) is 9.59 Å². The predicted octanol–water partition coefficient (Wildman–Crippen LogP) is 0.809. The minimum atomic E-state index is -0.484. The third-order valence-corrected chi connectivity index (χ3v) is 4.14. The molecule has 1 aliphatic carbocycles. The van der Waals surface area contributed by atoms with Crippen molar-refractivity contribution in [2.24, 2.45) is 0 Å². The molecule has 0 bridgehead atoms. The highest BCUT2D eigenvalue weighted by Crippen LogP contribution is 2.19. The molecule has 2 aliphatic rings. The maximum atomic E-state index is 12.3. The van der Waals surface area contributed by atoms with Gasteiger partial charge in [-0.1, -0.05) is 19.3 Å². The molecule has 2 fully saturated rings. The van der Waals surface area contributed by atoms with Crippen molar-refractivity contribution in [1.29, 1.82) is 0 Å². The molecule has 108 valence electrons. The molecule has 1 heterocycles. The Morgan fingerprint density at radius 2 is 2.05 bits per heavy atom. The van der Waals surface area contributed by atoms with Crippen LogP contribution >= 0.6 is 0 Å². The van der Waals surface area contributed by atoms with Crippen LogP contribution in [0.15, 0.2) is 0 Å². The van der Waals surface area contributed by atoms with E-state index in [0.29, 0.717) is 19.4 Å². The Labute approximate surface area is 114 Å². The summed E-state index contributed by atoms with van der Waals surface area (Å²) in [5, 5.41) is 12.2. The molecule has 2 N–H and O–H groups in total. The van der Waals surface area contributed by atoms with Gasteiger partial charge in [-0.25, -0.2) is 0 Å². The highest BCUT2D eigenvalue weighted by atomic mass is 16.3. The molecule has 0 aromatic rings. The van der Waals surface area contributed by atoms with Gasteiger partial charge in [0.15, 0.2) is 0 Å². The van der Waals surface area contributed by atoms with E-state index < -0.39 is 6.04 Å². The predicted molar refractivity (Wildman–Crippen MR) is 71.5 cm³/mol. The van der Waals surface area contributed by atoms with Gasteiger partial charge >= 0.3 is 0 Å². The molecule has 1 saturated carbocycles. The molecule has 0 aromatic heterocycles. The molecule has 5 nitrogen and oxygen atoms in total. The maximum Gasteiger partial charge on any atom is 0.243 e. The van der Waals surface area contributed by atoms with Gasteiger partial charge in [0.1, 0.15) is 6.04 Å². The standard InChI is InChI=1S/C14H24N2O3/c17-10-8-12(16-9-4-7-13(16)18)14(19)15-11-5-2-1-3-6-11/h11-12,17H,1-10H2,(H,15,19). The highest BCUT2D eigenvalue weighted by Gasteiger charge is 2.33. The zero-order valence-electron chi connectivity index (χ0n) is 11.4. The summed E-state index contributed by atoms with van der Waals surface area (Å²) in [6.07, 6.45) is 7.32. The van der Waals surface area contributed by atoms with E-state index in [4.69, 9.17) is 5.11 Å². The number of carbonyl (C=O) groups excluding carboxylic acids is 2. The fraction of sp³-hybridized carbons (Fsp3) is 0.857. The lowest BCUT2D eigenvalue weighted by Crippen LogP contribution is -2.50. The van der Waals surface area contributed by atoms with Crippen LogP contribution in [-0.4, -0.2) is 47.1 Å². The van der Waals surface area contributed by atoms with Crippen molar-refractivity contribution in [1.82, 2.24) is 10.2 Å². The second kappa shape index (κ2) is 6.89. The van der Waals surface area contributed by atoms with Crippen molar-refractivity contribution < 1.29 is 14.7 Å². The SMILES string of the molecule is O=C(NC1CCCCC1)C(CCO)N1CCCC1=O. The van der Waals surface area contributed by atoms with Crippen LogP contribution in [0.3, 0.4) is 0 Å². The maximum absolute atomic E-state index is 12.3. The van der Waals surface area contributed by atoms with Crippen LogP contribution < -0.4 is 5.32 Å². The normalized spacial score (nSPS) is 22.6. The molecule has 1 saturated heterocycles. The zero-order valence-corrected chi connectivity index (χ0v) is 11.4. The summed E-state index contributed by atoms with van der Waals surface area (Å²) in [6.45, 7) is 0.578. The number of aliphatic hydroxyl groups is 1. The molecule has 5 heteroatoms. The van der Waals surface area contributed by atoms with E-state index in [1.165, 1.54) is 6.42 Å². The number of rotatable bonds is 5. The molecule has 1 unspecified atom stereocenters. The molecule has 2 amide bonds. The first-order chi connectivity index (χ1) is 9.22. The van der Waals surface area contributed by atoms with Crippen molar-refractivity contribution in [3.63, 3.8) is 0 Å². The number of carbonyl (C=O) groups is 2. The van der Waals surface area contributed by atoms with E-state index >= 15 is 0 Å². The minimum absolute atomic E-state index is 0.0391. The summed E-state index contributed by atoms with van der Waals surface area (Å²) in [5.41, 5.74) is 0. The van der Waals surface area contributed by atoms with Crippen molar-refractivity contribution in [3.05, 3.63) is 0 Å². The molecule has 0 aromatic carbocycles. The minimum Gasteiger partial charge on any atom is -0.396 e. The summed E-state index contributed by atoms with van der Waals surface area (Å²) in [7, 11) is 0. The molecule has 1 aliphatic heterocycles. The first-order valence-corrected chi connectivity index (χ1v) is 7.43. The molecular weight excluding hydrogens is 244 g/mol. The van der Waals surface area contributed by atoms with E-state index in [1.54, 1.807) is 4.90 Å². The van der Waals surface area contributed by atoms with Crippen LogP contribution in [0.25, 0.3) is 0 Å². The Bertz CT molecular complexity index is 327. The number of likely N-dealkylation sites (tertiary alicyclic amines) is 1. The number of hydrogen-bond acceptors (Lipinski definition) is 3. The number of amides is 2. The number of nitrogens with zero attached hydrogens (tertiary/aromatic N) is 1. The van der Waals surface area contributed by atoms with Gasteiger partial charge in [-0.15, -0.1) is 0 Å². The van der Waals surface area contributed by atoms with Crippen molar-refractivity contribution in [2.75, 3.05) is 13.2 Å². The summed E-state index contributed by atoms with van der Waals surface area (Å²) in [5.74, 6) is -0.0477. The Morgan fingerprint density at radius 1 is 1.32 bits per heavy atom. The number of nitrogens with one attached hydrogen (secondary N) is 1. The van der Waals surface area contributed by atoms with Crippen molar-refractivity contribution in [3.8, 4) is 0 Å². The van der Waals surface area contributed by atoms with Gasteiger partial charge in [-0.05, 0) is 25.7 Å². The Morgan fingerprint density at radius 3 is 2.63 bits per heavy atom. The summed E-state index contributed by atoms with van der Waals surface area (Å²) in [6, 6.07) is -0.234. The topological polar surface area (TPSA) is 69.6 Å². The first-order valence-electron chi connectivity index (χ1n) is 7.43.